The van der Waals surface area contributed by atoms with Gasteiger partial charge in [0.15, 0.2) is 0 Å². The van der Waals surface area contributed by atoms with Gasteiger partial charge in [0.1, 0.15) is 11.6 Å². The summed E-state index contributed by atoms with van der Waals surface area (Å²) < 4.78 is 32.2. The van der Waals surface area contributed by atoms with Gasteiger partial charge in [0.2, 0.25) is 5.91 Å². The number of hydrogen-bond donors (Lipinski definition) is 2. The number of carbonyl (C=O) groups is 2. The van der Waals surface area contributed by atoms with Crippen LogP contribution in [-0.4, -0.2) is 44.9 Å². The van der Waals surface area contributed by atoms with Gasteiger partial charge in [-0.3, -0.25) is 8.98 Å². The van der Waals surface area contributed by atoms with Gasteiger partial charge in [-0.1, -0.05) is 54.6 Å². The van der Waals surface area contributed by atoms with E-state index in [1.165, 1.54) is 0 Å². The fourth-order valence-electron chi connectivity index (χ4n) is 3.14. The molecule has 0 fully saturated rings. The molecule has 2 aromatic rings. The molecule has 0 saturated heterocycles. The van der Waals surface area contributed by atoms with Crippen molar-refractivity contribution in [2.24, 2.45) is 0 Å². The van der Waals surface area contributed by atoms with Crippen LogP contribution in [0.4, 0.5) is 4.79 Å². The number of carbonyl (C=O) groups excluding carboxylic acids is 2. The standard InChI is InChI=1S/C25H34N2O6S/c1-25(2,3)33-24(29)27-22(12-8-9-17-32-34(4,30)31)23(28)26-18-19-13-15-21(16-14-19)20-10-6-5-7-11-20/h5-7,10-11,13-16,22H,8-9,12,17-18H2,1-4H3,(H,26,28)(H,27,29)/t22-/m0/s1. The highest BCUT2D eigenvalue weighted by Crippen LogP contribution is 2.19. The molecular formula is C25H34N2O6S. The van der Waals surface area contributed by atoms with Gasteiger partial charge in [-0.25, -0.2) is 4.79 Å². The van der Waals surface area contributed by atoms with Crippen LogP contribution < -0.4 is 10.6 Å². The third-order valence-electron chi connectivity index (χ3n) is 4.72. The fourth-order valence-corrected chi connectivity index (χ4v) is 3.56. The number of unbranched alkanes of at least 4 members (excludes halogenated alkanes) is 1. The Morgan fingerprint density at radius 1 is 0.941 bits per heavy atom. The Labute approximate surface area is 202 Å². The zero-order chi connectivity index (χ0) is 25.2. The Kier molecular flexibility index (Phi) is 10.1. The molecule has 34 heavy (non-hydrogen) atoms. The van der Waals surface area contributed by atoms with E-state index in [1.54, 1.807) is 20.8 Å². The molecule has 0 radical (unpaired) electrons. The quantitative estimate of drug-likeness (QED) is 0.364. The summed E-state index contributed by atoms with van der Waals surface area (Å²) in [5, 5.41) is 5.47. The van der Waals surface area contributed by atoms with E-state index in [0.29, 0.717) is 25.8 Å². The number of alkyl carbamates (subject to hydrolysis) is 1. The van der Waals surface area contributed by atoms with Crippen LogP contribution in [0.25, 0.3) is 11.1 Å². The van der Waals surface area contributed by atoms with Crippen molar-refractivity contribution in [1.29, 1.82) is 0 Å². The zero-order valence-electron chi connectivity index (χ0n) is 20.2. The number of hydrogen-bond acceptors (Lipinski definition) is 6. The Bertz CT molecular complexity index is 1030. The molecule has 1 atom stereocenters. The average molecular weight is 491 g/mol. The molecule has 0 aromatic heterocycles. The minimum absolute atomic E-state index is 0.0212. The summed E-state index contributed by atoms with van der Waals surface area (Å²) in [7, 11) is -3.51. The first-order valence-corrected chi connectivity index (χ1v) is 13.0. The monoisotopic (exact) mass is 490 g/mol. The zero-order valence-corrected chi connectivity index (χ0v) is 21.0. The van der Waals surface area contributed by atoms with Gasteiger partial charge >= 0.3 is 6.09 Å². The maximum atomic E-state index is 12.8. The minimum Gasteiger partial charge on any atom is -0.444 e. The summed E-state index contributed by atoms with van der Waals surface area (Å²) >= 11 is 0. The molecule has 0 spiro atoms. The third-order valence-corrected chi connectivity index (χ3v) is 5.31. The van der Waals surface area contributed by atoms with Gasteiger partial charge < -0.3 is 15.4 Å². The molecule has 186 valence electrons. The summed E-state index contributed by atoms with van der Waals surface area (Å²) in [4.78, 5) is 25.0. The molecule has 2 amide bonds. The van der Waals surface area contributed by atoms with Gasteiger partial charge in [0.25, 0.3) is 10.1 Å². The highest BCUT2D eigenvalue weighted by atomic mass is 32.2. The van der Waals surface area contributed by atoms with E-state index >= 15 is 0 Å². The highest BCUT2D eigenvalue weighted by molar-refractivity contribution is 7.85. The molecule has 2 aromatic carbocycles. The normalized spacial score (nSPS) is 12.6. The first kappa shape index (κ1) is 27.3. The van der Waals surface area contributed by atoms with Gasteiger partial charge in [-0.15, -0.1) is 0 Å². The van der Waals surface area contributed by atoms with Crippen molar-refractivity contribution in [2.45, 2.75) is 58.2 Å². The van der Waals surface area contributed by atoms with E-state index in [9.17, 15) is 18.0 Å². The molecule has 0 heterocycles. The lowest BCUT2D eigenvalue weighted by Crippen LogP contribution is -2.48. The maximum absolute atomic E-state index is 12.8. The van der Waals surface area contributed by atoms with Crippen molar-refractivity contribution < 1.29 is 26.9 Å². The second kappa shape index (κ2) is 12.5. The summed E-state index contributed by atoms with van der Waals surface area (Å²) in [5.74, 6) is -0.345. The van der Waals surface area contributed by atoms with E-state index < -0.39 is 27.9 Å². The number of benzene rings is 2. The average Bonchev–Trinajstić information content (AvgIpc) is 2.75. The predicted octanol–water partition coefficient (Wildman–Crippen LogP) is 4.01. The number of ether oxygens (including phenoxy) is 1. The second-order valence-electron chi connectivity index (χ2n) is 9.00. The Hall–Kier alpha value is -2.91. The van der Waals surface area contributed by atoms with Crippen molar-refractivity contribution >= 4 is 22.1 Å². The van der Waals surface area contributed by atoms with E-state index in [4.69, 9.17) is 8.92 Å². The molecule has 8 nitrogen and oxygen atoms in total. The first-order valence-electron chi connectivity index (χ1n) is 11.2. The maximum Gasteiger partial charge on any atom is 0.408 e. The molecule has 0 aliphatic carbocycles. The van der Waals surface area contributed by atoms with Gasteiger partial charge in [-0.05, 0) is 56.7 Å². The second-order valence-corrected chi connectivity index (χ2v) is 10.6. The molecule has 0 saturated carbocycles. The van der Waals surface area contributed by atoms with Crippen LogP contribution in [0, 0.1) is 0 Å². The largest absolute Gasteiger partial charge is 0.444 e. The fraction of sp³-hybridized carbons (Fsp3) is 0.440. The molecule has 0 aliphatic heterocycles. The number of nitrogens with one attached hydrogen (secondary N) is 2. The molecule has 0 unspecified atom stereocenters. The number of rotatable bonds is 11. The first-order chi connectivity index (χ1) is 15.9. The van der Waals surface area contributed by atoms with Crippen molar-refractivity contribution in [1.82, 2.24) is 10.6 Å². The van der Waals surface area contributed by atoms with Crippen molar-refractivity contribution in [3.8, 4) is 11.1 Å². The van der Waals surface area contributed by atoms with Gasteiger partial charge in [-0.2, -0.15) is 8.42 Å². The smallest absolute Gasteiger partial charge is 0.408 e. The summed E-state index contributed by atoms with van der Waals surface area (Å²) in [6.07, 6.45) is 1.51. The SMILES string of the molecule is CC(C)(C)OC(=O)N[C@@H](CCCCOS(C)(=O)=O)C(=O)NCc1ccc(-c2ccccc2)cc1. The van der Waals surface area contributed by atoms with Crippen LogP contribution in [0.3, 0.4) is 0 Å². The van der Waals surface area contributed by atoms with E-state index in [1.807, 2.05) is 54.6 Å². The molecule has 2 N–H and O–H groups in total. The van der Waals surface area contributed by atoms with Crippen molar-refractivity contribution in [3.63, 3.8) is 0 Å². The lowest BCUT2D eigenvalue weighted by Gasteiger charge is -2.23. The molecule has 0 aliphatic rings. The van der Waals surface area contributed by atoms with E-state index in [2.05, 4.69) is 10.6 Å². The molecule has 2 rings (SSSR count). The predicted molar refractivity (Wildman–Crippen MR) is 132 cm³/mol. The topological polar surface area (TPSA) is 111 Å². The number of amides is 2. The van der Waals surface area contributed by atoms with Crippen LogP contribution in [0.1, 0.15) is 45.6 Å². The summed E-state index contributed by atoms with van der Waals surface area (Å²) in [5.41, 5.74) is 2.41. The van der Waals surface area contributed by atoms with Crippen LogP contribution in [0.15, 0.2) is 54.6 Å². The van der Waals surface area contributed by atoms with Crippen LogP contribution in [0.5, 0.6) is 0 Å². The van der Waals surface area contributed by atoms with Gasteiger partial charge in [0.05, 0.1) is 12.9 Å². The molecule has 0 bridgehead atoms. The van der Waals surface area contributed by atoms with Crippen molar-refractivity contribution in [2.75, 3.05) is 12.9 Å². The minimum atomic E-state index is -3.51. The summed E-state index contributed by atoms with van der Waals surface area (Å²) in [6, 6.07) is 17.1. The van der Waals surface area contributed by atoms with E-state index in [0.717, 1.165) is 22.9 Å². The Morgan fingerprint density at radius 2 is 1.56 bits per heavy atom. The lowest BCUT2D eigenvalue weighted by atomic mass is 10.0. The Balaban J connectivity index is 1.94. The molecule has 9 heteroatoms. The van der Waals surface area contributed by atoms with Crippen LogP contribution >= 0.6 is 0 Å². The van der Waals surface area contributed by atoms with Crippen LogP contribution in [0.2, 0.25) is 0 Å². The highest BCUT2D eigenvalue weighted by Gasteiger charge is 2.24. The Morgan fingerprint density at radius 3 is 2.15 bits per heavy atom. The summed E-state index contributed by atoms with van der Waals surface area (Å²) in [6.45, 7) is 5.54. The lowest BCUT2D eigenvalue weighted by molar-refractivity contribution is -0.123. The third kappa shape index (κ3) is 10.8. The van der Waals surface area contributed by atoms with Gasteiger partial charge in [0, 0.05) is 6.54 Å². The van der Waals surface area contributed by atoms with Crippen molar-refractivity contribution in [3.05, 3.63) is 60.2 Å². The van der Waals surface area contributed by atoms with E-state index in [-0.39, 0.29) is 12.5 Å². The molecular weight excluding hydrogens is 456 g/mol. The van der Waals surface area contributed by atoms with Crippen LogP contribution in [-0.2, 0) is 30.4 Å².